The number of para-hydroxylation sites is 1. The lowest BCUT2D eigenvalue weighted by Crippen LogP contribution is -2.44. The fourth-order valence-electron chi connectivity index (χ4n) is 3.83. The molecule has 0 unspecified atom stereocenters. The molecule has 1 aromatic heterocycles. The average molecular weight is 437 g/mol. The molecule has 1 aliphatic rings. The predicted molar refractivity (Wildman–Crippen MR) is 119 cm³/mol. The van der Waals surface area contributed by atoms with Crippen molar-refractivity contribution in [2.24, 2.45) is 0 Å². The Labute approximate surface area is 187 Å². The highest BCUT2D eigenvalue weighted by Gasteiger charge is 2.22. The minimum Gasteiger partial charge on any atom is -0.496 e. The zero-order chi connectivity index (χ0) is 22.3. The van der Waals surface area contributed by atoms with E-state index in [-0.39, 0.29) is 18.6 Å². The number of nitrogens with one attached hydrogen (secondary N) is 1. The first-order valence-electron chi connectivity index (χ1n) is 10.8. The molecule has 0 spiro atoms. The number of hydrogen-bond acceptors (Lipinski definition) is 7. The van der Waals surface area contributed by atoms with E-state index < -0.39 is 0 Å². The van der Waals surface area contributed by atoms with E-state index in [4.69, 9.17) is 14.0 Å². The van der Waals surface area contributed by atoms with Crippen molar-refractivity contribution in [3.05, 3.63) is 71.4 Å². The van der Waals surface area contributed by atoms with Gasteiger partial charge in [0, 0.05) is 43.7 Å². The number of rotatable bonds is 8. The van der Waals surface area contributed by atoms with Gasteiger partial charge in [0.05, 0.1) is 7.11 Å². The van der Waals surface area contributed by atoms with Crippen molar-refractivity contribution in [2.75, 3.05) is 20.2 Å². The van der Waals surface area contributed by atoms with Gasteiger partial charge >= 0.3 is 0 Å². The molecule has 168 valence electrons. The summed E-state index contributed by atoms with van der Waals surface area (Å²) in [6.45, 7) is 4.68. The summed E-state index contributed by atoms with van der Waals surface area (Å²) in [5, 5.41) is 6.95. The molecule has 3 aromatic rings. The molecule has 4 rings (SSSR count). The first kappa shape index (κ1) is 21.8. The number of nitrogens with zero attached hydrogens (tertiary/aromatic N) is 3. The summed E-state index contributed by atoms with van der Waals surface area (Å²) >= 11 is 0. The third kappa shape index (κ3) is 5.64. The molecule has 8 nitrogen and oxygen atoms in total. The molecule has 0 radical (unpaired) electrons. The number of carbonyl (C=O) groups is 1. The Morgan fingerprint density at radius 3 is 2.59 bits per heavy atom. The van der Waals surface area contributed by atoms with E-state index >= 15 is 0 Å². The monoisotopic (exact) mass is 436 g/mol. The Morgan fingerprint density at radius 2 is 1.91 bits per heavy atom. The highest BCUT2D eigenvalue weighted by Crippen LogP contribution is 2.22. The van der Waals surface area contributed by atoms with Gasteiger partial charge in [-0.15, -0.1) is 0 Å². The fraction of sp³-hybridized carbons (Fsp3) is 0.375. The molecule has 1 saturated heterocycles. The molecule has 8 heteroatoms. The van der Waals surface area contributed by atoms with Crippen LogP contribution in [0.4, 0.5) is 0 Å². The predicted octanol–water partition coefficient (Wildman–Crippen LogP) is 3.36. The van der Waals surface area contributed by atoms with Gasteiger partial charge in [-0.05, 0) is 43.2 Å². The maximum atomic E-state index is 12.6. The normalized spacial score (nSPS) is 14.8. The SMILES string of the molecule is COc1ccccc1CN1CCC(NC(=O)c2ccc(OCc3noc(C)n3)cc2)CC1. The maximum Gasteiger partial charge on any atom is 0.251 e. The van der Waals surface area contributed by atoms with Crippen molar-refractivity contribution in [3.8, 4) is 11.5 Å². The van der Waals surface area contributed by atoms with Gasteiger partial charge in [0.2, 0.25) is 11.7 Å². The minimum atomic E-state index is -0.0616. The van der Waals surface area contributed by atoms with Crippen molar-refractivity contribution in [2.45, 2.75) is 39.0 Å². The second kappa shape index (κ2) is 10.3. The van der Waals surface area contributed by atoms with Crippen LogP contribution in [0.25, 0.3) is 0 Å². The molecular weight excluding hydrogens is 408 g/mol. The Bertz CT molecular complexity index is 1030. The summed E-state index contributed by atoms with van der Waals surface area (Å²) < 4.78 is 16.0. The summed E-state index contributed by atoms with van der Waals surface area (Å²) in [7, 11) is 1.70. The van der Waals surface area contributed by atoms with E-state index in [1.165, 1.54) is 5.56 Å². The quantitative estimate of drug-likeness (QED) is 0.579. The fourth-order valence-corrected chi connectivity index (χ4v) is 3.83. The molecule has 0 saturated carbocycles. The van der Waals surface area contributed by atoms with Crippen LogP contribution in [0.5, 0.6) is 11.5 Å². The smallest absolute Gasteiger partial charge is 0.251 e. The second-order valence-electron chi connectivity index (χ2n) is 7.88. The van der Waals surface area contributed by atoms with Gasteiger partial charge in [0.25, 0.3) is 5.91 Å². The van der Waals surface area contributed by atoms with Crippen molar-refractivity contribution >= 4 is 5.91 Å². The topological polar surface area (TPSA) is 89.7 Å². The van der Waals surface area contributed by atoms with Crippen LogP contribution in [0, 0.1) is 6.92 Å². The van der Waals surface area contributed by atoms with Crippen LogP contribution in [-0.2, 0) is 13.2 Å². The molecule has 0 bridgehead atoms. The average Bonchev–Trinajstić information content (AvgIpc) is 3.24. The number of amides is 1. The number of aryl methyl sites for hydroxylation is 1. The van der Waals surface area contributed by atoms with Gasteiger partial charge in [-0.1, -0.05) is 23.4 Å². The molecule has 0 atom stereocenters. The number of carbonyl (C=O) groups excluding carboxylic acids is 1. The number of benzene rings is 2. The molecule has 1 aliphatic heterocycles. The van der Waals surface area contributed by atoms with E-state index in [1.807, 2.05) is 18.2 Å². The number of aromatic nitrogens is 2. The van der Waals surface area contributed by atoms with E-state index in [9.17, 15) is 4.79 Å². The van der Waals surface area contributed by atoms with Crippen LogP contribution in [0.1, 0.15) is 40.5 Å². The lowest BCUT2D eigenvalue weighted by atomic mass is 10.0. The standard InChI is InChI=1S/C24H28N4O4/c1-17-25-23(27-32-17)16-31-21-9-7-18(8-10-21)24(29)26-20-11-13-28(14-12-20)15-19-5-3-4-6-22(19)30-2/h3-10,20H,11-16H2,1-2H3,(H,26,29). The Morgan fingerprint density at radius 1 is 1.16 bits per heavy atom. The van der Waals surface area contributed by atoms with Crippen LogP contribution < -0.4 is 14.8 Å². The molecule has 32 heavy (non-hydrogen) atoms. The summed E-state index contributed by atoms with van der Waals surface area (Å²) in [4.78, 5) is 19.1. The van der Waals surface area contributed by atoms with Crippen molar-refractivity contribution in [1.82, 2.24) is 20.4 Å². The second-order valence-corrected chi connectivity index (χ2v) is 7.88. The van der Waals surface area contributed by atoms with Crippen LogP contribution in [0.3, 0.4) is 0 Å². The molecule has 1 fully saturated rings. The van der Waals surface area contributed by atoms with E-state index in [2.05, 4.69) is 26.4 Å². The van der Waals surface area contributed by atoms with E-state index in [0.29, 0.717) is 23.0 Å². The van der Waals surface area contributed by atoms with Gasteiger partial charge in [0.1, 0.15) is 11.5 Å². The van der Waals surface area contributed by atoms with Gasteiger partial charge in [-0.2, -0.15) is 4.98 Å². The lowest BCUT2D eigenvalue weighted by molar-refractivity contribution is 0.0908. The Balaban J connectivity index is 1.23. The number of hydrogen-bond donors (Lipinski definition) is 1. The van der Waals surface area contributed by atoms with Crippen LogP contribution in [0.2, 0.25) is 0 Å². The van der Waals surface area contributed by atoms with Crippen molar-refractivity contribution in [3.63, 3.8) is 0 Å². The summed E-state index contributed by atoms with van der Waals surface area (Å²) in [5.41, 5.74) is 1.80. The molecule has 2 aromatic carbocycles. The molecule has 0 aliphatic carbocycles. The number of ether oxygens (including phenoxy) is 2. The minimum absolute atomic E-state index is 0.0616. The van der Waals surface area contributed by atoms with Crippen molar-refractivity contribution in [1.29, 1.82) is 0 Å². The molecule has 1 amide bonds. The highest BCUT2D eigenvalue weighted by atomic mass is 16.5. The molecule has 1 N–H and O–H groups in total. The Kier molecular flexibility index (Phi) is 7.01. The van der Waals surface area contributed by atoms with E-state index in [1.54, 1.807) is 38.3 Å². The number of piperidine rings is 1. The van der Waals surface area contributed by atoms with Crippen LogP contribution >= 0.6 is 0 Å². The number of methoxy groups -OCH3 is 1. The van der Waals surface area contributed by atoms with Gasteiger partial charge in [0.15, 0.2) is 6.61 Å². The third-order valence-electron chi connectivity index (χ3n) is 5.56. The van der Waals surface area contributed by atoms with E-state index in [0.717, 1.165) is 38.2 Å². The van der Waals surface area contributed by atoms with Gasteiger partial charge < -0.3 is 19.3 Å². The van der Waals surface area contributed by atoms with Crippen LogP contribution in [0.15, 0.2) is 53.1 Å². The number of likely N-dealkylation sites (tertiary alicyclic amines) is 1. The summed E-state index contributed by atoms with van der Waals surface area (Å²) in [5.74, 6) is 2.49. The maximum absolute atomic E-state index is 12.6. The van der Waals surface area contributed by atoms with Gasteiger partial charge in [-0.3, -0.25) is 9.69 Å². The molecule has 2 heterocycles. The zero-order valence-electron chi connectivity index (χ0n) is 18.4. The highest BCUT2D eigenvalue weighted by molar-refractivity contribution is 5.94. The largest absolute Gasteiger partial charge is 0.496 e. The van der Waals surface area contributed by atoms with Crippen LogP contribution in [-0.4, -0.2) is 47.2 Å². The lowest BCUT2D eigenvalue weighted by Gasteiger charge is -2.32. The summed E-state index contributed by atoms with van der Waals surface area (Å²) in [6, 6.07) is 15.4. The first-order chi connectivity index (χ1) is 15.6. The zero-order valence-corrected chi connectivity index (χ0v) is 18.4. The molecular formula is C24H28N4O4. The van der Waals surface area contributed by atoms with Gasteiger partial charge in [-0.25, -0.2) is 0 Å². The van der Waals surface area contributed by atoms with Crippen molar-refractivity contribution < 1.29 is 18.8 Å². The third-order valence-corrected chi connectivity index (χ3v) is 5.56. The summed E-state index contributed by atoms with van der Waals surface area (Å²) in [6.07, 6.45) is 1.85. The Hall–Kier alpha value is -3.39. The first-order valence-corrected chi connectivity index (χ1v) is 10.8.